The van der Waals surface area contributed by atoms with Gasteiger partial charge in [0, 0.05) is 24.0 Å². The van der Waals surface area contributed by atoms with Gasteiger partial charge in [0.25, 0.3) is 5.91 Å². The molecule has 1 amide bonds. The number of rotatable bonds is 5. The SMILES string of the molecule is Cc1ccc(Nc2cc(C(=O)NCc3ccc4c(c3)OCO4)ccn2)c(C)c1. The molecule has 6 heteroatoms. The van der Waals surface area contributed by atoms with Gasteiger partial charge in [-0.15, -0.1) is 0 Å². The summed E-state index contributed by atoms with van der Waals surface area (Å²) in [6, 6.07) is 15.2. The largest absolute Gasteiger partial charge is 0.454 e. The van der Waals surface area contributed by atoms with Crippen molar-refractivity contribution in [2.75, 3.05) is 12.1 Å². The van der Waals surface area contributed by atoms with E-state index in [0.717, 1.165) is 22.6 Å². The summed E-state index contributed by atoms with van der Waals surface area (Å²) < 4.78 is 10.7. The summed E-state index contributed by atoms with van der Waals surface area (Å²) in [4.78, 5) is 16.9. The second-order valence-corrected chi connectivity index (χ2v) is 6.74. The highest BCUT2D eigenvalue weighted by atomic mass is 16.7. The molecule has 1 aliphatic heterocycles. The van der Waals surface area contributed by atoms with Gasteiger partial charge >= 0.3 is 0 Å². The molecule has 28 heavy (non-hydrogen) atoms. The fourth-order valence-corrected chi connectivity index (χ4v) is 3.07. The summed E-state index contributed by atoms with van der Waals surface area (Å²) in [5.74, 6) is 1.90. The van der Waals surface area contributed by atoms with Gasteiger partial charge in [0.1, 0.15) is 5.82 Å². The highest BCUT2D eigenvalue weighted by Crippen LogP contribution is 2.32. The summed E-state index contributed by atoms with van der Waals surface area (Å²) >= 11 is 0. The minimum Gasteiger partial charge on any atom is -0.454 e. The number of fused-ring (bicyclic) bond motifs is 1. The molecule has 1 aliphatic rings. The van der Waals surface area contributed by atoms with E-state index in [0.29, 0.717) is 23.7 Å². The lowest BCUT2D eigenvalue weighted by atomic mass is 10.1. The minimum absolute atomic E-state index is 0.163. The first kappa shape index (κ1) is 17.9. The number of anilines is 2. The van der Waals surface area contributed by atoms with Crippen molar-refractivity contribution in [2.45, 2.75) is 20.4 Å². The molecule has 3 aromatic rings. The van der Waals surface area contributed by atoms with E-state index in [-0.39, 0.29) is 12.7 Å². The molecule has 2 aromatic carbocycles. The first-order valence-electron chi connectivity index (χ1n) is 9.05. The summed E-state index contributed by atoms with van der Waals surface area (Å²) in [6.07, 6.45) is 1.63. The van der Waals surface area contributed by atoms with Crippen LogP contribution in [0.4, 0.5) is 11.5 Å². The highest BCUT2D eigenvalue weighted by Gasteiger charge is 2.14. The van der Waals surface area contributed by atoms with Crippen molar-refractivity contribution in [3.8, 4) is 11.5 Å². The van der Waals surface area contributed by atoms with Crippen LogP contribution >= 0.6 is 0 Å². The number of carbonyl (C=O) groups excluding carboxylic acids is 1. The average Bonchev–Trinajstić information content (AvgIpc) is 3.16. The van der Waals surface area contributed by atoms with Crippen molar-refractivity contribution in [3.05, 3.63) is 77.0 Å². The van der Waals surface area contributed by atoms with Crippen LogP contribution in [0.25, 0.3) is 0 Å². The van der Waals surface area contributed by atoms with Gasteiger partial charge in [-0.05, 0) is 55.3 Å². The van der Waals surface area contributed by atoms with Crippen LogP contribution in [0.1, 0.15) is 27.0 Å². The van der Waals surface area contributed by atoms with E-state index in [1.54, 1.807) is 18.3 Å². The number of aryl methyl sites for hydroxylation is 2. The molecule has 0 aliphatic carbocycles. The van der Waals surface area contributed by atoms with Gasteiger partial charge in [0.2, 0.25) is 6.79 Å². The fraction of sp³-hybridized carbons (Fsp3) is 0.182. The minimum atomic E-state index is -0.163. The lowest BCUT2D eigenvalue weighted by Gasteiger charge is -2.11. The topological polar surface area (TPSA) is 72.5 Å². The third kappa shape index (κ3) is 3.91. The zero-order chi connectivity index (χ0) is 19.5. The molecule has 142 valence electrons. The molecular formula is C22H21N3O3. The lowest BCUT2D eigenvalue weighted by Crippen LogP contribution is -2.22. The molecule has 0 unspecified atom stereocenters. The van der Waals surface area contributed by atoms with Crippen LogP contribution in [-0.4, -0.2) is 17.7 Å². The third-order valence-electron chi connectivity index (χ3n) is 4.56. The lowest BCUT2D eigenvalue weighted by molar-refractivity contribution is 0.0950. The summed E-state index contributed by atoms with van der Waals surface area (Å²) in [5, 5.41) is 6.20. The maximum atomic E-state index is 12.5. The van der Waals surface area contributed by atoms with E-state index in [1.807, 2.05) is 37.3 Å². The number of ether oxygens (including phenoxy) is 2. The molecule has 0 radical (unpaired) electrons. The van der Waals surface area contributed by atoms with Crippen LogP contribution in [0.2, 0.25) is 0 Å². The monoisotopic (exact) mass is 375 g/mol. The van der Waals surface area contributed by atoms with Crippen LogP contribution in [0.15, 0.2) is 54.7 Å². The zero-order valence-electron chi connectivity index (χ0n) is 15.8. The fourth-order valence-electron chi connectivity index (χ4n) is 3.07. The molecule has 0 bridgehead atoms. The molecule has 2 heterocycles. The number of carbonyl (C=O) groups is 1. The second kappa shape index (κ2) is 7.60. The third-order valence-corrected chi connectivity index (χ3v) is 4.56. The van der Waals surface area contributed by atoms with Crippen LogP contribution in [0, 0.1) is 13.8 Å². The average molecular weight is 375 g/mol. The number of hydrogen-bond donors (Lipinski definition) is 2. The number of pyridine rings is 1. The Kier molecular flexibility index (Phi) is 4.85. The Hall–Kier alpha value is -3.54. The van der Waals surface area contributed by atoms with E-state index in [2.05, 4.69) is 28.6 Å². The zero-order valence-corrected chi connectivity index (χ0v) is 15.8. The van der Waals surface area contributed by atoms with Crippen molar-refractivity contribution < 1.29 is 14.3 Å². The Balaban J connectivity index is 1.42. The molecule has 6 nitrogen and oxygen atoms in total. The Labute approximate surface area is 163 Å². The van der Waals surface area contributed by atoms with Crippen molar-refractivity contribution >= 4 is 17.4 Å². The normalized spacial score (nSPS) is 11.9. The van der Waals surface area contributed by atoms with Gasteiger partial charge in [-0.1, -0.05) is 23.8 Å². The van der Waals surface area contributed by atoms with Crippen LogP contribution in [0.3, 0.4) is 0 Å². The summed E-state index contributed by atoms with van der Waals surface area (Å²) in [7, 11) is 0. The molecule has 2 N–H and O–H groups in total. The first-order chi connectivity index (χ1) is 13.6. The predicted molar refractivity (Wildman–Crippen MR) is 107 cm³/mol. The molecule has 0 saturated heterocycles. The van der Waals surface area contributed by atoms with E-state index in [4.69, 9.17) is 9.47 Å². The van der Waals surface area contributed by atoms with Crippen molar-refractivity contribution in [1.82, 2.24) is 10.3 Å². The number of hydrogen-bond acceptors (Lipinski definition) is 5. The van der Waals surface area contributed by atoms with Gasteiger partial charge in [0.15, 0.2) is 11.5 Å². The van der Waals surface area contributed by atoms with Crippen molar-refractivity contribution in [3.63, 3.8) is 0 Å². The van der Waals surface area contributed by atoms with Crippen molar-refractivity contribution in [1.29, 1.82) is 0 Å². The molecule has 0 atom stereocenters. The second-order valence-electron chi connectivity index (χ2n) is 6.74. The molecular weight excluding hydrogens is 354 g/mol. The summed E-state index contributed by atoms with van der Waals surface area (Å²) in [6.45, 7) is 4.73. The van der Waals surface area contributed by atoms with E-state index in [9.17, 15) is 4.79 Å². The number of nitrogens with one attached hydrogen (secondary N) is 2. The molecule has 4 rings (SSSR count). The van der Waals surface area contributed by atoms with E-state index >= 15 is 0 Å². The Morgan fingerprint density at radius 2 is 1.89 bits per heavy atom. The smallest absolute Gasteiger partial charge is 0.251 e. The molecule has 0 spiro atoms. The van der Waals surface area contributed by atoms with E-state index in [1.165, 1.54) is 5.56 Å². The van der Waals surface area contributed by atoms with Crippen molar-refractivity contribution in [2.24, 2.45) is 0 Å². The number of amides is 1. The predicted octanol–water partition coefficient (Wildman–Crippen LogP) is 4.10. The van der Waals surface area contributed by atoms with Crippen LogP contribution < -0.4 is 20.1 Å². The van der Waals surface area contributed by atoms with Gasteiger partial charge < -0.3 is 20.1 Å². The Morgan fingerprint density at radius 1 is 1.04 bits per heavy atom. The molecule has 0 fully saturated rings. The maximum Gasteiger partial charge on any atom is 0.251 e. The molecule has 0 saturated carbocycles. The van der Waals surface area contributed by atoms with Gasteiger partial charge in [-0.3, -0.25) is 4.79 Å². The number of aromatic nitrogens is 1. The summed E-state index contributed by atoms with van der Waals surface area (Å²) in [5.41, 5.74) is 4.78. The maximum absolute atomic E-state index is 12.5. The van der Waals surface area contributed by atoms with Crippen LogP contribution in [-0.2, 0) is 6.54 Å². The number of nitrogens with zero attached hydrogens (tertiary/aromatic N) is 1. The van der Waals surface area contributed by atoms with Gasteiger partial charge in [-0.2, -0.15) is 0 Å². The van der Waals surface area contributed by atoms with E-state index < -0.39 is 0 Å². The standard InChI is InChI=1S/C22H21N3O3/c1-14-3-5-18(15(2)9-14)25-21-11-17(7-8-23-21)22(26)24-12-16-4-6-19-20(10-16)28-13-27-19/h3-11H,12-13H2,1-2H3,(H,23,25)(H,24,26). The van der Waals surface area contributed by atoms with Gasteiger partial charge in [-0.25, -0.2) is 4.98 Å². The number of benzene rings is 2. The van der Waals surface area contributed by atoms with Crippen LogP contribution in [0.5, 0.6) is 11.5 Å². The van der Waals surface area contributed by atoms with Gasteiger partial charge in [0.05, 0.1) is 0 Å². The first-order valence-corrected chi connectivity index (χ1v) is 9.05. The molecule has 1 aromatic heterocycles. The quantitative estimate of drug-likeness (QED) is 0.702. The Bertz CT molecular complexity index is 1030. The highest BCUT2D eigenvalue weighted by molar-refractivity contribution is 5.94. The Morgan fingerprint density at radius 3 is 2.75 bits per heavy atom.